The summed E-state index contributed by atoms with van der Waals surface area (Å²) < 4.78 is 9.56. The van der Waals surface area contributed by atoms with Gasteiger partial charge in [0.2, 0.25) is 0 Å². The van der Waals surface area contributed by atoms with E-state index in [1.807, 2.05) is 37.6 Å². The molecule has 0 aliphatic heterocycles. The number of rotatable bonds is 5. The number of hydrogen-bond acceptors (Lipinski definition) is 4. The molecule has 0 unspecified atom stereocenters. The molecule has 2 aromatic carbocycles. The number of nitrogens with zero attached hydrogens (tertiary/aromatic N) is 5. The van der Waals surface area contributed by atoms with Crippen molar-refractivity contribution in [2.24, 2.45) is 7.05 Å². The molecular weight excluding hydrogens is 302 g/mol. The Morgan fingerprint density at radius 3 is 2.79 bits per heavy atom. The summed E-state index contributed by atoms with van der Waals surface area (Å²) >= 11 is 0. The molecule has 0 N–H and O–H groups in total. The van der Waals surface area contributed by atoms with Gasteiger partial charge in [-0.05, 0) is 29.8 Å². The van der Waals surface area contributed by atoms with Crippen molar-refractivity contribution >= 4 is 11.0 Å². The molecule has 0 aliphatic carbocycles. The van der Waals surface area contributed by atoms with Crippen molar-refractivity contribution in [3.8, 4) is 5.69 Å². The summed E-state index contributed by atoms with van der Waals surface area (Å²) in [6.07, 6.45) is 3.38. The summed E-state index contributed by atoms with van der Waals surface area (Å²) in [5, 5.41) is 4.03. The highest BCUT2D eigenvalue weighted by atomic mass is 16.5. The molecule has 6 heteroatoms. The number of aryl methyl sites for hydroxylation is 1. The SMILES string of the molecule is Cn1ncnc1COCc1cccc(-n2cnc3ccccc32)c1. The maximum atomic E-state index is 5.76. The first kappa shape index (κ1) is 14.6. The van der Waals surface area contributed by atoms with Crippen molar-refractivity contribution in [3.63, 3.8) is 0 Å². The Bertz CT molecular complexity index is 972. The zero-order chi connectivity index (χ0) is 16.4. The van der Waals surface area contributed by atoms with E-state index in [-0.39, 0.29) is 0 Å². The van der Waals surface area contributed by atoms with Crippen LogP contribution in [0.5, 0.6) is 0 Å². The summed E-state index contributed by atoms with van der Waals surface area (Å²) in [7, 11) is 1.86. The molecule has 2 aromatic heterocycles. The summed E-state index contributed by atoms with van der Waals surface area (Å²) in [6.45, 7) is 0.960. The van der Waals surface area contributed by atoms with E-state index < -0.39 is 0 Å². The minimum Gasteiger partial charge on any atom is -0.369 e. The molecule has 4 rings (SSSR count). The third kappa shape index (κ3) is 2.79. The highest BCUT2D eigenvalue weighted by Crippen LogP contribution is 2.19. The molecule has 120 valence electrons. The largest absolute Gasteiger partial charge is 0.369 e. The second-order valence-corrected chi connectivity index (χ2v) is 5.57. The lowest BCUT2D eigenvalue weighted by Crippen LogP contribution is -2.03. The fraction of sp³-hybridized carbons (Fsp3) is 0.167. The van der Waals surface area contributed by atoms with Gasteiger partial charge in [0.25, 0.3) is 0 Å². The smallest absolute Gasteiger partial charge is 0.152 e. The van der Waals surface area contributed by atoms with Crippen LogP contribution < -0.4 is 0 Å². The number of benzene rings is 2. The Morgan fingerprint density at radius 2 is 1.92 bits per heavy atom. The number of hydrogen-bond donors (Lipinski definition) is 0. The third-order valence-electron chi connectivity index (χ3n) is 3.95. The van der Waals surface area contributed by atoms with E-state index in [1.54, 1.807) is 4.68 Å². The Hall–Kier alpha value is -2.99. The molecule has 4 aromatic rings. The van der Waals surface area contributed by atoms with Crippen LogP contribution in [0.25, 0.3) is 16.7 Å². The van der Waals surface area contributed by atoms with Crippen molar-refractivity contribution in [2.45, 2.75) is 13.2 Å². The number of ether oxygens (including phenoxy) is 1. The molecule has 0 atom stereocenters. The quantitative estimate of drug-likeness (QED) is 0.567. The van der Waals surface area contributed by atoms with Crippen LogP contribution in [-0.4, -0.2) is 24.3 Å². The molecule has 0 fully saturated rings. The first-order valence-electron chi connectivity index (χ1n) is 7.73. The van der Waals surface area contributed by atoms with Gasteiger partial charge in [-0.3, -0.25) is 9.25 Å². The van der Waals surface area contributed by atoms with E-state index in [0.717, 1.165) is 28.1 Å². The van der Waals surface area contributed by atoms with Gasteiger partial charge >= 0.3 is 0 Å². The predicted molar refractivity (Wildman–Crippen MR) is 90.6 cm³/mol. The molecular formula is C18H17N5O. The monoisotopic (exact) mass is 319 g/mol. The first-order valence-corrected chi connectivity index (χ1v) is 7.73. The van der Waals surface area contributed by atoms with Gasteiger partial charge in [0, 0.05) is 12.7 Å². The lowest BCUT2D eigenvalue weighted by atomic mass is 10.2. The average molecular weight is 319 g/mol. The van der Waals surface area contributed by atoms with Crippen molar-refractivity contribution < 1.29 is 4.74 Å². The van der Waals surface area contributed by atoms with E-state index in [4.69, 9.17) is 4.74 Å². The maximum Gasteiger partial charge on any atom is 0.152 e. The van der Waals surface area contributed by atoms with Gasteiger partial charge in [-0.15, -0.1) is 0 Å². The van der Waals surface area contributed by atoms with Crippen LogP contribution in [0.15, 0.2) is 61.2 Å². The summed E-state index contributed by atoms with van der Waals surface area (Å²) in [5.74, 6) is 0.812. The topological polar surface area (TPSA) is 57.8 Å². The molecule has 6 nitrogen and oxygen atoms in total. The molecule has 0 saturated heterocycles. The lowest BCUT2D eigenvalue weighted by Gasteiger charge is -2.08. The molecule has 2 heterocycles. The van der Waals surface area contributed by atoms with Gasteiger partial charge < -0.3 is 4.74 Å². The Balaban J connectivity index is 1.52. The molecule has 0 saturated carbocycles. The van der Waals surface area contributed by atoms with E-state index in [9.17, 15) is 0 Å². The van der Waals surface area contributed by atoms with Crippen molar-refractivity contribution in [1.82, 2.24) is 24.3 Å². The van der Waals surface area contributed by atoms with Crippen molar-refractivity contribution in [3.05, 3.63) is 72.6 Å². The molecule has 0 radical (unpaired) electrons. The van der Waals surface area contributed by atoms with E-state index >= 15 is 0 Å². The van der Waals surface area contributed by atoms with Crippen molar-refractivity contribution in [1.29, 1.82) is 0 Å². The summed E-state index contributed by atoms with van der Waals surface area (Å²) in [6, 6.07) is 16.4. The Kier molecular flexibility index (Phi) is 3.80. The summed E-state index contributed by atoms with van der Waals surface area (Å²) in [4.78, 5) is 8.60. The minimum absolute atomic E-state index is 0.439. The number of imidazole rings is 1. The van der Waals surface area contributed by atoms with Crippen LogP contribution in [0, 0.1) is 0 Å². The zero-order valence-electron chi connectivity index (χ0n) is 13.3. The van der Waals surface area contributed by atoms with Crippen LogP contribution in [0.4, 0.5) is 0 Å². The fourth-order valence-corrected chi connectivity index (χ4v) is 2.67. The summed E-state index contributed by atoms with van der Waals surface area (Å²) in [5.41, 5.74) is 4.26. The highest BCUT2D eigenvalue weighted by Gasteiger charge is 2.05. The predicted octanol–water partition coefficient (Wildman–Crippen LogP) is 2.87. The fourth-order valence-electron chi connectivity index (χ4n) is 2.67. The second-order valence-electron chi connectivity index (χ2n) is 5.57. The molecule has 0 aliphatic rings. The Labute approximate surface area is 139 Å². The molecule has 24 heavy (non-hydrogen) atoms. The van der Waals surface area contributed by atoms with Crippen LogP contribution in [0.2, 0.25) is 0 Å². The van der Waals surface area contributed by atoms with E-state index in [2.05, 4.69) is 43.9 Å². The average Bonchev–Trinajstić information content (AvgIpc) is 3.22. The highest BCUT2D eigenvalue weighted by molar-refractivity contribution is 5.77. The van der Waals surface area contributed by atoms with Gasteiger partial charge in [0.15, 0.2) is 5.82 Å². The third-order valence-corrected chi connectivity index (χ3v) is 3.95. The van der Waals surface area contributed by atoms with Gasteiger partial charge in [-0.25, -0.2) is 9.97 Å². The standard InChI is InChI=1S/C18H17N5O/c1-22-18(19-12-21-22)11-24-10-14-5-4-6-15(9-14)23-13-20-16-7-2-3-8-17(16)23/h2-9,12-13H,10-11H2,1H3. The first-order chi connectivity index (χ1) is 11.8. The van der Waals surface area contributed by atoms with Crippen LogP contribution in [-0.2, 0) is 25.0 Å². The van der Waals surface area contributed by atoms with Gasteiger partial charge in [-0.1, -0.05) is 24.3 Å². The van der Waals surface area contributed by atoms with Gasteiger partial charge in [0.1, 0.15) is 19.3 Å². The van der Waals surface area contributed by atoms with Gasteiger partial charge in [0.05, 0.1) is 17.6 Å². The van der Waals surface area contributed by atoms with Crippen LogP contribution in [0.1, 0.15) is 11.4 Å². The van der Waals surface area contributed by atoms with Crippen LogP contribution >= 0.6 is 0 Å². The zero-order valence-corrected chi connectivity index (χ0v) is 13.3. The van der Waals surface area contributed by atoms with E-state index in [1.165, 1.54) is 6.33 Å². The molecule has 0 bridgehead atoms. The molecule has 0 spiro atoms. The minimum atomic E-state index is 0.439. The second kappa shape index (κ2) is 6.25. The number of para-hydroxylation sites is 2. The lowest BCUT2D eigenvalue weighted by molar-refractivity contribution is 0.0993. The normalized spacial score (nSPS) is 11.2. The van der Waals surface area contributed by atoms with Crippen molar-refractivity contribution in [2.75, 3.05) is 0 Å². The van der Waals surface area contributed by atoms with Crippen LogP contribution in [0.3, 0.4) is 0 Å². The van der Waals surface area contributed by atoms with Gasteiger partial charge in [-0.2, -0.15) is 5.10 Å². The number of fused-ring (bicyclic) bond motifs is 1. The molecule has 0 amide bonds. The Morgan fingerprint density at radius 1 is 1.00 bits per heavy atom. The number of aromatic nitrogens is 5. The van der Waals surface area contributed by atoms with E-state index in [0.29, 0.717) is 13.2 Å². The maximum absolute atomic E-state index is 5.76.